The average Bonchev–Trinajstić information content (AvgIpc) is 1.67. The Morgan fingerprint density at radius 3 is 1.75 bits per heavy atom. The molecule has 0 spiro atoms. The molecule has 0 N–H and O–H groups in total. The fraction of sp³-hybridized carbons (Fsp3) is 1.00. The fourth-order valence-electron chi connectivity index (χ4n) is 0.0337. The zero-order valence-electron chi connectivity index (χ0n) is 3.38. The number of halogens is 5. The van der Waals surface area contributed by atoms with Gasteiger partial charge in [-0.05, 0) is 0 Å². The molecule has 0 aromatic carbocycles. The van der Waals surface area contributed by atoms with Crippen LogP contribution in [0.3, 0.4) is 0 Å². The molecule has 50 valence electrons. The van der Waals surface area contributed by atoms with Crippen LogP contribution in [0.1, 0.15) is 0 Å². The monoisotopic (exact) mass is 244 g/mol. The molecule has 6 heteroatoms. The third-order valence-electron chi connectivity index (χ3n) is 0.357. The SMILES string of the molecule is FC(F)C(F)(F)OI. The number of hydrogen-bond donors (Lipinski definition) is 0. The minimum atomic E-state index is -4.30. The van der Waals surface area contributed by atoms with Crippen LogP contribution in [0.15, 0.2) is 0 Å². The predicted molar refractivity (Wildman–Crippen MR) is 26.1 cm³/mol. The molecule has 0 heterocycles. The van der Waals surface area contributed by atoms with Gasteiger partial charge in [0.25, 0.3) is 0 Å². The lowest BCUT2D eigenvalue weighted by Crippen LogP contribution is -2.25. The van der Waals surface area contributed by atoms with Gasteiger partial charge in [0.05, 0.1) is 0 Å². The highest BCUT2D eigenvalue weighted by Crippen LogP contribution is 2.26. The second-order valence-corrected chi connectivity index (χ2v) is 1.38. The van der Waals surface area contributed by atoms with Gasteiger partial charge in [0, 0.05) is 0 Å². The van der Waals surface area contributed by atoms with Crippen molar-refractivity contribution in [2.45, 2.75) is 12.5 Å². The van der Waals surface area contributed by atoms with Crippen LogP contribution in [0.2, 0.25) is 0 Å². The maximum absolute atomic E-state index is 11.3. The number of alkyl halides is 4. The zero-order chi connectivity index (χ0) is 6.78. The van der Waals surface area contributed by atoms with Crippen molar-refractivity contribution in [2.75, 3.05) is 0 Å². The molecule has 0 atom stereocenters. The van der Waals surface area contributed by atoms with Gasteiger partial charge in [-0.3, -0.25) is 0 Å². The van der Waals surface area contributed by atoms with E-state index < -0.39 is 12.5 Å². The van der Waals surface area contributed by atoms with E-state index in [1.165, 1.54) is 0 Å². The summed E-state index contributed by atoms with van der Waals surface area (Å²) in [6.07, 6.45) is -8.06. The van der Waals surface area contributed by atoms with E-state index in [1.54, 1.807) is 0 Å². The topological polar surface area (TPSA) is 9.23 Å². The Morgan fingerprint density at radius 2 is 1.75 bits per heavy atom. The Labute approximate surface area is 56.7 Å². The highest BCUT2D eigenvalue weighted by Gasteiger charge is 2.41. The Hall–Kier alpha value is 0.410. The van der Waals surface area contributed by atoms with E-state index in [0.717, 1.165) is 0 Å². The van der Waals surface area contributed by atoms with Crippen LogP contribution in [0.25, 0.3) is 0 Å². The molecule has 0 aromatic heterocycles. The molecule has 1 nitrogen and oxygen atoms in total. The van der Waals surface area contributed by atoms with Crippen LogP contribution in [-0.4, -0.2) is 12.5 Å². The van der Waals surface area contributed by atoms with Gasteiger partial charge in [-0.25, -0.2) is 11.8 Å². The van der Waals surface area contributed by atoms with Crippen molar-refractivity contribution in [2.24, 2.45) is 0 Å². The van der Waals surface area contributed by atoms with Crippen molar-refractivity contribution in [3.63, 3.8) is 0 Å². The molecule has 0 saturated heterocycles. The molecular weight excluding hydrogens is 243 g/mol. The molecular formula is C2HF4IO. The summed E-state index contributed by atoms with van der Waals surface area (Å²) in [5, 5.41) is 0. The first-order valence-corrected chi connectivity index (χ1v) is 2.34. The summed E-state index contributed by atoms with van der Waals surface area (Å²) in [6.45, 7) is 0. The third-order valence-corrected chi connectivity index (χ3v) is 0.944. The summed E-state index contributed by atoms with van der Waals surface area (Å²) in [7, 11) is 0. The average molecular weight is 244 g/mol. The lowest BCUT2D eigenvalue weighted by atomic mass is 10.7. The van der Waals surface area contributed by atoms with E-state index in [2.05, 4.69) is 3.07 Å². The molecule has 0 aliphatic carbocycles. The van der Waals surface area contributed by atoms with Gasteiger partial charge in [0.2, 0.25) is 0 Å². The van der Waals surface area contributed by atoms with Gasteiger partial charge in [-0.15, -0.1) is 0 Å². The van der Waals surface area contributed by atoms with Crippen molar-refractivity contribution >= 4 is 23.0 Å². The summed E-state index contributed by atoms with van der Waals surface area (Å²) in [6, 6.07) is 0. The van der Waals surface area contributed by atoms with E-state index in [0.29, 0.717) is 23.0 Å². The van der Waals surface area contributed by atoms with Crippen LogP contribution in [0.4, 0.5) is 17.6 Å². The van der Waals surface area contributed by atoms with Crippen molar-refractivity contribution in [1.29, 1.82) is 0 Å². The molecule has 0 saturated carbocycles. The maximum Gasteiger partial charge on any atom is 0.425 e. The summed E-state index contributed by atoms with van der Waals surface area (Å²) in [4.78, 5) is 0. The number of hydrogen-bond acceptors (Lipinski definition) is 1. The van der Waals surface area contributed by atoms with Crippen LogP contribution < -0.4 is 0 Å². The van der Waals surface area contributed by atoms with Crippen molar-refractivity contribution in [3.05, 3.63) is 0 Å². The van der Waals surface area contributed by atoms with Crippen LogP contribution in [0, 0.1) is 0 Å². The lowest BCUT2D eigenvalue weighted by molar-refractivity contribution is -0.234. The molecule has 0 rings (SSSR count). The molecule has 0 aromatic rings. The zero-order valence-corrected chi connectivity index (χ0v) is 5.53. The highest BCUT2D eigenvalue weighted by molar-refractivity contribution is 14.1. The van der Waals surface area contributed by atoms with E-state index in [1.807, 2.05) is 0 Å². The molecule has 8 heavy (non-hydrogen) atoms. The van der Waals surface area contributed by atoms with Gasteiger partial charge in [0.15, 0.2) is 0 Å². The van der Waals surface area contributed by atoms with Gasteiger partial charge in [-0.2, -0.15) is 8.78 Å². The third kappa shape index (κ3) is 2.12. The molecule has 0 aliphatic rings. The molecule has 0 fully saturated rings. The first kappa shape index (κ1) is 8.41. The van der Waals surface area contributed by atoms with E-state index in [4.69, 9.17) is 0 Å². The maximum atomic E-state index is 11.3. The Bertz CT molecular complexity index is 74.4. The Balaban J connectivity index is 3.71. The summed E-state index contributed by atoms with van der Waals surface area (Å²) in [5.74, 6) is 0. The Kier molecular flexibility index (Phi) is 2.95. The molecule has 0 unspecified atom stereocenters. The molecule has 0 radical (unpaired) electrons. The van der Waals surface area contributed by atoms with Gasteiger partial charge < -0.3 is 0 Å². The lowest BCUT2D eigenvalue weighted by Gasteiger charge is -2.08. The van der Waals surface area contributed by atoms with Crippen molar-refractivity contribution in [3.8, 4) is 0 Å². The van der Waals surface area contributed by atoms with Gasteiger partial charge in [-0.1, -0.05) is 0 Å². The quantitative estimate of drug-likeness (QED) is 0.534. The summed E-state index contributed by atoms with van der Waals surface area (Å²) in [5.41, 5.74) is 0. The van der Waals surface area contributed by atoms with Gasteiger partial charge >= 0.3 is 12.5 Å². The molecule has 0 amide bonds. The van der Waals surface area contributed by atoms with Crippen LogP contribution >= 0.6 is 23.0 Å². The second kappa shape index (κ2) is 2.81. The van der Waals surface area contributed by atoms with Crippen LogP contribution in [0.5, 0.6) is 0 Å². The van der Waals surface area contributed by atoms with Crippen LogP contribution in [-0.2, 0) is 3.07 Å². The van der Waals surface area contributed by atoms with E-state index in [-0.39, 0.29) is 0 Å². The fourth-order valence-corrected chi connectivity index (χ4v) is 0.226. The summed E-state index contributed by atoms with van der Waals surface area (Å²) < 4.78 is 47.5. The first-order valence-electron chi connectivity index (χ1n) is 1.46. The van der Waals surface area contributed by atoms with Gasteiger partial charge in [0.1, 0.15) is 23.0 Å². The van der Waals surface area contributed by atoms with Crippen molar-refractivity contribution < 1.29 is 20.6 Å². The second-order valence-electron chi connectivity index (χ2n) is 0.940. The first-order chi connectivity index (χ1) is 3.50. The predicted octanol–water partition coefficient (Wildman–Crippen LogP) is 2.21. The van der Waals surface area contributed by atoms with Crippen molar-refractivity contribution in [1.82, 2.24) is 0 Å². The standard InChI is InChI=1S/C2HF4IO/c3-1(4)2(5,6)8-7/h1H. The van der Waals surface area contributed by atoms with E-state index in [9.17, 15) is 17.6 Å². The largest absolute Gasteiger partial charge is 0.425 e. The molecule has 0 aliphatic heterocycles. The number of rotatable bonds is 2. The minimum Gasteiger partial charge on any atom is -0.245 e. The highest BCUT2D eigenvalue weighted by atomic mass is 127. The minimum absolute atomic E-state index is 0.715. The van der Waals surface area contributed by atoms with E-state index >= 15 is 0 Å². The normalized spacial score (nSPS) is 12.8. The summed E-state index contributed by atoms with van der Waals surface area (Å²) >= 11 is 0.715. The Morgan fingerprint density at radius 1 is 1.38 bits per heavy atom. The molecule has 0 bridgehead atoms. The smallest absolute Gasteiger partial charge is 0.245 e.